The Hall–Kier alpha value is -7.76. The fraction of sp³-hybridized carbons (Fsp3) is 0.426. The number of ether oxygens (including phenoxy) is 5. The van der Waals surface area contributed by atoms with E-state index in [1.54, 1.807) is 88.4 Å². The van der Waals surface area contributed by atoms with Gasteiger partial charge in [0.05, 0.1) is 64.9 Å². The van der Waals surface area contributed by atoms with Crippen molar-refractivity contribution in [1.82, 2.24) is 34.4 Å². The number of imidazole rings is 2. The van der Waals surface area contributed by atoms with Gasteiger partial charge in [0.2, 0.25) is 23.7 Å². The van der Waals surface area contributed by atoms with Crippen LogP contribution in [0.2, 0.25) is 0 Å². The molecule has 0 radical (unpaired) electrons. The van der Waals surface area contributed by atoms with Crippen LogP contribution >= 0.6 is 15.9 Å². The summed E-state index contributed by atoms with van der Waals surface area (Å²) >= 11 is 3.45. The van der Waals surface area contributed by atoms with Crippen molar-refractivity contribution in [2.75, 3.05) is 40.7 Å². The van der Waals surface area contributed by atoms with E-state index in [9.17, 15) is 47.6 Å². The topological polar surface area (TPSA) is 342 Å². The average molecular weight is 1220 g/mol. The zero-order valence-corrected chi connectivity index (χ0v) is 47.2. The number of hydrogen-bond acceptors (Lipinski definition) is 20. The van der Waals surface area contributed by atoms with E-state index in [2.05, 4.69) is 56.8 Å². The number of amides is 2. The summed E-state index contributed by atoms with van der Waals surface area (Å²) in [5.41, 5.74) is 0.393. The predicted octanol–water partition coefficient (Wildman–Crippen LogP) is 5.39. The van der Waals surface area contributed by atoms with Gasteiger partial charge in [0, 0.05) is 35.2 Å². The van der Waals surface area contributed by atoms with Gasteiger partial charge in [0.15, 0.2) is 45.8 Å². The van der Waals surface area contributed by atoms with E-state index in [-0.39, 0.29) is 76.8 Å². The molecule has 26 nitrogen and oxygen atoms in total. The van der Waals surface area contributed by atoms with Crippen molar-refractivity contribution in [3.8, 4) is 0 Å². The Balaban J connectivity index is 0.980. The minimum atomic E-state index is -4.17. The molecule has 6 aromatic rings. The van der Waals surface area contributed by atoms with Crippen LogP contribution in [0, 0.1) is 33.8 Å². The van der Waals surface area contributed by atoms with Crippen LogP contribution in [0.4, 0.5) is 17.5 Å². The molecule has 3 aliphatic rings. The highest BCUT2D eigenvalue weighted by molar-refractivity contribution is 9.09. The molecule has 0 spiro atoms. The third-order valence-corrected chi connectivity index (χ3v) is 16.3. The van der Waals surface area contributed by atoms with Gasteiger partial charge in [0.25, 0.3) is 11.2 Å². The number of aromatic amines is 1. The number of aliphatic imine (C=N–C) groups is 1. The Bertz CT molecular complexity index is 3510. The lowest BCUT2D eigenvalue weighted by Gasteiger charge is -2.26. The summed E-state index contributed by atoms with van der Waals surface area (Å²) in [5, 5.41) is 32.2. The molecule has 3 aliphatic heterocycles. The van der Waals surface area contributed by atoms with Crippen LogP contribution in [0.1, 0.15) is 91.2 Å². The van der Waals surface area contributed by atoms with E-state index >= 15 is 0 Å². The molecule has 0 saturated carbocycles. The number of carbonyl (C=O) groups excluding carboxylic acids is 4. The maximum Gasteiger partial charge on any atom is 0.338 e. The molecule has 9 rings (SSSR count). The van der Waals surface area contributed by atoms with Crippen molar-refractivity contribution >= 4 is 84.1 Å². The van der Waals surface area contributed by atoms with Crippen molar-refractivity contribution in [1.29, 1.82) is 0 Å². The Labute approximate surface area is 477 Å². The van der Waals surface area contributed by atoms with Crippen molar-refractivity contribution in [2.45, 2.75) is 90.1 Å². The Morgan fingerprint density at radius 1 is 0.841 bits per heavy atom. The second-order valence-electron chi connectivity index (χ2n) is 20.4. The monoisotopic (exact) mass is 1210 g/mol. The maximum atomic E-state index is 14.6. The van der Waals surface area contributed by atoms with Crippen LogP contribution in [0.3, 0.4) is 0 Å². The molecule has 1 unspecified atom stereocenters. The van der Waals surface area contributed by atoms with Crippen LogP contribution in [0.15, 0.2) is 107 Å². The van der Waals surface area contributed by atoms with Gasteiger partial charge in [-0.3, -0.25) is 49.2 Å². The number of rotatable bonds is 22. The molecule has 434 valence electrons. The zero-order valence-electron chi connectivity index (χ0n) is 44.8. The number of non-ortho nitro benzene ring substituents is 1. The number of hydrogen-bond donors (Lipinski definition) is 5. The van der Waals surface area contributed by atoms with Gasteiger partial charge in [0.1, 0.15) is 24.2 Å². The number of alkyl halides is 1. The number of H-pyrrole nitrogens is 1. The lowest BCUT2D eigenvalue weighted by Crippen LogP contribution is -2.41. The molecular weight excluding hydrogens is 1150 g/mol. The first kappa shape index (κ1) is 58.9. The number of guanidine groups is 1. The highest BCUT2D eigenvalue weighted by Crippen LogP contribution is 2.43. The highest BCUT2D eigenvalue weighted by atomic mass is 79.9. The number of nitro benzene ring substituents is 1. The summed E-state index contributed by atoms with van der Waals surface area (Å²) < 4.78 is 63.5. The van der Waals surface area contributed by atoms with Crippen molar-refractivity contribution in [3.05, 3.63) is 140 Å². The van der Waals surface area contributed by atoms with E-state index in [0.717, 1.165) is 5.56 Å². The summed E-state index contributed by atoms with van der Waals surface area (Å²) in [7, 11) is -4.17. The lowest BCUT2D eigenvalue weighted by atomic mass is 9.96. The second-order valence-corrected chi connectivity index (χ2v) is 23.5. The van der Waals surface area contributed by atoms with Gasteiger partial charge in [-0.15, -0.1) is 0 Å². The summed E-state index contributed by atoms with van der Waals surface area (Å²) in [6.07, 6.45) is -5.39. The number of aromatic nitrogens is 6. The number of esters is 2. The number of aliphatic hydroxyl groups excluding tert-OH is 1. The quantitative estimate of drug-likeness (QED) is 0.0246. The Morgan fingerprint density at radius 2 is 1.48 bits per heavy atom. The van der Waals surface area contributed by atoms with Crippen molar-refractivity contribution in [3.63, 3.8) is 0 Å². The second kappa shape index (κ2) is 25.6. The Kier molecular flexibility index (Phi) is 18.4. The molecule has 3 aromatic carbocycles. The molecule has 2 amide bonds. The predicted molar refractivity (Wildman–Crippen MR) is 298 cm³/mol. The highest BCUT2D eigenvalue weighted by Gasteiger charge is 2.51. The molecule has 0 aliphatic carbocycles. The third kappa shape index (κ3) is 13.4. The fourth-order valence-electron chi connectivity index (χ4n) is 9.67. The molecule has 6 heterocycles. The standard InChI is InChI=1S/C54H60BrN11O15S/c1-29(2)45(68)60-53-58-43-39(47(70)62-53)56-27-65(43)50-42(81-52(72)33-13-9-6-10-14-33)35(25-78-51(71)32-11-7-5-8-12-32)38(80-50)21-24-82(75,76)26-36-37(19-22-55)79-49(41(36)67)64-28-57-40-44(64)59-54(61-46(69)30(3)4)63-48(40)77-23-20-31-15-17-34(18-16-31)66(73)74/h5-18,27-30,35-38,41-42,48-50,67H,19-26H2,1-4H3,(H2,59,61,63,69)(H2,58,60,62,68,70)/t35-,36-,37-,38-,41-,42-,48?,49-,50-/m1/s1. The summed E-state index contributed by atoms with van der Waals surface area (Å²) in [6.45, 7) is 6.35. The van der Waals surface area contributed by atoms with Crippen LogP contribution in [-0.2, 0) is 49.5 Å². The SMILES string of the molecule is CC(C)C(=O)NC1=NC(OCCc2ccc([N+](=O)[O-])cc2)c2ncn([C@@H]3O[C@H](CCBr)[C@@H](CS(=O)(=O)CC[C@H]4O[C@@H](n5cnc6c(=O)[nH]c(NC(=O)C(C)C)nc65)[C@H](OC(=O)c5ccccc5)[C@@H]4COC(=O)c4ccccc4)[C@H]3O)c2N1. The van der Waals surface area contributed by atoms with Crippen LogP contribution < -0.4 is 21.5 Å². The molecule has 82 heavy (non-hydrogen) atoms. The minimum absolute atomic E-state index is 0.0181. The van der Waals surface area contributed by atoms with Crippen molar-refractivity contribution < 1.29 is 61.3 Å². The average Bonchev–Trinajstić information content (AvgIpc) is 4.32. The fourth-order valence-corrected chi connectivity index (χ4v) is 11.9. The molecular formula is C54H60BrN11O15S. The first-order chi connectivity index (χ1) is 39.3. The van der Waals surface area contributed by atoms with E-state index in [1.165, 1.54) is 46.1 Å². The third-order valence-electron chi connectivity index (χ3n) is 14.1. The lowest BCUT2D eigenvalue weighted by molar-refractivity contribution is -0.384. The molecule has 28 heteroatoms. The molecule has 2 fully saturated rings. The van der Waals surface area contributed by atoms with Gasteiger partial charge in [-0.25, -0.2) is 33.0 Å². The normalized spacial score (nSPS) is 22.3. The molecule has 5 N–H and O–H groups in total. The molecule has 0 bridgehead atoms. The van der Waals surface area contributed by atoms with E-state index in [1.807, 2.05) is 0 Å². The van der Waals surface area contributed by atoms with E-state index < -0.39 is 123 Å². The summed E-state index contributed by atoms with van der Waals surface area (Å²) in [6, 6.07) is 22.2. The van der Waals surface area contributed by atoms with Gasteiger partial charge >= 0.3 is 11.9 Å². The van der Waals surface area contributed by atoms with Crippen LogP contribution in [-0.4, -0.2) is 132 Å². The number of carbonyl (C=O) groups is 4. The number of anilines is 2. The van der Waals surface area contributed by atoms with Gasteiger partial charge < -0.3 is 34.1 Å². The largest absolute Gasteiger partial charge is 0.462 e. The smallest absolute Gasteiger partial charge is 0.338 e. The maximum absolute atomic E-state index is 14.6. The number of fused-ring (bicyclic) bond motifs is 2. The molecule has 3 aromatic heterocycles. The number of sulfone groups is 1. The number of nitro groups is 1. The van der Waals surface area contributed by atoms with Crippen molar-refractivity contribution in [2.24, 2.45) is 28.7 Å². The van der Waals surface area contributed by atoms with E-state index in [4.69, 9.17) is 23.7 Å². The number of nitrogens with one attached hydrogen (secondary N) is 4. The molecule has 9 atom stereocenters. The first-order valence-electron chi connectivity index (χ1n) is 26.4. The van der Waals surface area contributed by atoms with Crippen LogP contribution in [0.25, 0.3) is 11.2 Å². The summed E-state index contributed by atoms with van der Waals surface area (Å²) in [4.78, 5) is 97.7. The molecule has 2 saturated heterocycles. The first-order valence-corrected chi connectivity index (χ1v) is 29.3. The summed E-state index contributed by atoms with van der Waals surface area (Å²) in [5.74, 6) is -6.37. The Morgan fingerprint density at radius 3 is 2.13 bits per heavy atom. The number of nitrogens with zero attached hydrogens (tertiary/aromatic N) is 7. The van der Waals surface area contributed by atoms with Gasteiger partial charge in [-0.2, -0.15) is 4.98 Å². The van der Waals surface area contributed by atoms with Gasteiger partial charge in [-0.1, -0.05) is 92.2 Å². The number of aliphatic hydroxyl groups is 1. The van der Waals surface area contributed by atoms with Gasteiger partial charge in [-0.05, 0) is 49.1 Å². The van der Waals surface area contributed by atoms with Crippen LogP contribution in [0.5, 0.6) is 0 Å². The van der Waals surface area contributed by atoms with E-state index in [0.29, 0.717) is 11.8 Å². The zero-order chi connectivity index (χ0) is 58.4. The minimum Gasteiger partial charge on any atom is -0.462 e. The number of halogens is 1. The number of benzene rings is 3.